The fourth-order valence-electron chi connectivity index (χ4n) is 1.52. The molecule has 0 unspecified atom stereocenters. The number of benzene rings is 1. The lowest BCUT2D eigenvalue weighted by atomic mass is 10.1. The standard InChI is InChI=1S/C12H11FS/c1-9-7-11(12(8-13)14-9)10-5-3-2-4-6-10/h2-7H,8H2,1H3. The molecular formula is C12H11FS. The third-order valence-electron chi connectivity index (χ3n) is 2.14. The number of alkyl halides is 1. The van der Waals surface area contributed by atoms with Crippen LogP contribution < -0.4 is 0 Å². The predicted molar refractivity (Wildman–Crippen MR) is 59.3 cm³/mol. The van der Waals surface area contributed by atoms with Gasteiger partial charge in [-0.3, -0.25) is 0 Å². The van der Waals surface area contributed by atoms with Crippen molar-refractivity contribution in [2.75, 3.05) is 0 Å². The van der Waals surface area contributed by atoms with Crippen molar-refractivity contribution >= 4 is 11.3 Å². The first kappa shape index (κ1) is 9.41. The highest BCUT2D eigenvalue weighted by Crippen LogP contribution is 2.31. The number of thiophene rings is 1. The molecule has 0 aliphatic carbocycles. The first-order valence-corrected chi connectivity index (χ1v) is 5.33. The zero-order chi connectivity index (χ0) is 9.97. The largest absolute Gasteiger partial charge is 0.245 e. The van der Waals surface area contributed by atoms with Gasteiger partial charge >= 0.3 is 0 Å². The summed E-state index contributed by atoms with van der Waals surface area (Å²) >= 11 is 1.53. The second kappa shape index (κ2) is 3.93. The molecule has 0 fully saturated rings. The molecule has 0 radical (unpaired) electrons. The van der Waals surface area contributed by atoms with Crippen LogP contribution in [0.5, 0.6) is 0 Å². The minimum Gasteiger partial charge on any atom is -0.245 e. The maximum atomic E-state index is 12.7. The van der Waals surface area contributed by atoms with Gasteiger partial charge in [0.15, 0.2) is 0 Å². The quantitative estimate of drug-likeness (QED) is 0.691. The second-order valence-electron chi connectivity index (χ2n) is 3.19. The van der Waals surface area contributed by atoms with Crippen molar-refractivity contribution in [3.63, 3.8) is 0 Å². The third-order valence-corrected chi connectivity index (χ3v) is 3.15. The summed E-state index contributed by atoms with van der Waals surface area (Å²) in [4.78, 5) is 1.99. The lowest BCUT2D eigenvalue weighted by Gasteiger charge is -1.99. The van der Waals surface area contributed by atoms with E-state index in [4.69, 9.17) is 0 Å². The molecule has 2 aromatic rings. The van der Waals surface area contributed by atoms with E-state index in [1.807, 2.05) is 37.3 Å². The maximum Gasteiger partial charge on any atom is 0.124 e. The van der Waals surface area contributed by atoms with Crippen LogP contribution in [0.15, 0.2) is 36.4 Å². The van der Waals surface area contributed by atoms with E-state index in [9.17, 15) is 4.39 Å². The molecule has 0 nitrogen and oxygen atoms in total. The highest BCUT2D eigenvalue weighted by atomic mass is 32.1. The van der Waals surface area contributed by atoms with Crippen LogP contribution in [0.2, 0.25) is 0 Å². The minimum absolute atomic E-state index is 0.372. The Balaban J connectivity index is 2.51. The van der Waals surface area contributed by atoms with Crippen molar-refractivity contribution in [3.8, 4) is 11.1 Å². The molecule has 0 N–H and O–H groups in total. The van der Waals surface area contributed by atoms with Crippen molar-refractivity contribution in [3.05, 3.63) is 46.2 Å². The van der Waals surface area contributed by atoms with Crippen LogP contribution in [0.25, 0.3) is 11.1 Å². The summed E-state index contributed by atoms with van der Waals surface area (Å²) in [5.74, 6) is 0. The van der Waals surface area contributed by atoms with Crippen molar-refractivity contribution in [1.29, 1.82) is 0 Å². The molecule has 1 heterocycles. The SMILES string of the molecule is Cc1cc(-c2ccccc2)c(CF)s1. The van der Waals surface area contributed by atoms with E-state index in [2.05, 4.69) is 6.07 Å². The molecular weight excluding hydrogens is 195 g/mol. The van der Waals surface area contributed by atoms with Gasteiger partial charge in [-0.15, -0.1) is 11.3 Å². The number of hydrogen-bond acceptors (Lipinski definition) is 1. The number of rotatable bonds is 2. The molecule has 0 atom stereocenters. The minimum atomic E-state index is -0.372. The van der Waals surface area contributed by atoms with Crippen LogP contribution in [0.3, 0.4) is 0 Å². The van der Waals surface area contributed by atoms with E-state index in [0.29, 0.717) is 0 Å². The molecule has 0 saturated carbocycles. The van der Waals surface area contributed by atoms with Crippen molar-refractivity contribution in [1.82, 2.24) is 0 Å². The molecule has 2 heteroatoms. The smallest absolute Gasteiger partial charge is 0.124 e. The summed E-state index contributed by atoms with van der Waals surface area (Å²) in [7, 11) is 0. The second-order valence-corrected chi connectivity index (χ2v) is 4.53. The number of hydrogen-bond donors (Lipinski definition) is 0. The normalized spacial score (nSPS) is 10.4. The van der Waals surface area contributed by atoms with Crippen LogP contribution in [0, 0.1) is 6.92 Å². The summed E-state index contributed by atoms with van der Waals surface area (Å²) in [5, 5.41) is 0. The van der Waals surface area contributed by atoms with Gasteiger partial charge in [0.05, 0.1) is 0 Å². The van der Waals surface area contributed by atoms with Gasteiger partial charge in [-0.1, -0.05) is 30.3 Å². The van der Waals surface area contributed by atoms with E-state index < -0.39 is 0 Å². The molecule has 0 spiro atoms. The lowest BCUT2D eigenvalue weighted by molar-refractivity contribution is 0.492. The maximum absolute atomic E-state index is 12.7. The Morgan fingerprint density at radius 1 is 1.21 bits per heavy atom. The van der Waals surface area contributed by atoms with E-state index in [0.717, 1.165) is 20.9 Å². The summed E-state index contributed by atoms with van der Waals surface area (Å²) in [6.07, 6.45) is 0. The Bertz CT molecular complexity index is 417. The summed E-state index contributed by atoms with van der Waals surface area (Å²) < 4.78 is 12.7. The summed E-state index contributed by atoms with van der Waals surface area (Å²) in [5.41, 5.74) is 2.14. The van der Waals surface area contributed by atoms with Gasteiger partial charge in [0.25, 0.3) is 0 Å². The van der Waals surface area contributed by atoms with E-state index in [-0.39, 0.29) is 6.67 Å². The van der Waals surface area contributed by atoms with Crippen molar-refractivity contribution in [2.24, 2.45) is 0 Å². The molecule has 72 valence electrons. The third kappa shape index (κ3) is 1.70. The Hall–Kier alpha value is -1.15. The predicted octanol–water partition coefficient (Wildman–Crippen LogP) is 4.19. The van der Waals surface area contributed by atoms with Gasteiger partial charge in [0.1, 0.15) is 6.67 Å². The molecule has 0 bridgehead atoms. The molecule has 1 aromatic carbocycles. The first-order valence-electron chi connectivity index (χ1n) is 4.52. The lowest BCUT2D eigenvalue weighted by Crippen LogP contribution is -1.78. The fraction of sp³-hybridized carbons (Fsp3) is 0.167. The molecule has 0 aliphatic heterocycles. The van der Waals surface area contributed by atoms with E-state index in [1.54, 1.807) is 0 Å². The molecule has 0 saturated heterocycles. The number of aryl methyl sites for hydroxylation is 1. The van der Waals surface area contributed by atoms with E-state index >= 15 is 0 Å². The monoisotopic (exact) mass is 206 g/mol. The van der Waals surface area contributed by atoms with Crippen molar-refractivity contribution in [2.45, 2.75) is 13.6 Å². The Kier molecular flexibility index (Phi) is 2.64. The fourth-order valence-corrected chi connectivity index (χ4v) is 2.43. The van der Waals surface area contributed by atoms with Gasteiger partial charge < -0.3 is 0 Å². The van der Waals surface area contributed by atoms with Crippen molar-refractivity contribution < 1.29 is 4.39 Å². The van der Waals surface area contributed by atoms with Gasteiger partial charge in [-0.2, -0.15) is 0 Å². The van der Waals surface area contributed by atoms with Gasteiger partial charge in [-0.25, -0.2) is 4.39 Å². The van der Waals surface area contributed by atoms with Crippen LogP contribution in [-0.2, 0) is 6.67 Å². The molecule has 0 amide bonds. The zero-order valence-corrected chi connectivity index (χ0v) is 8.77. The van der Waals surface area contributed by atoms with E-state index in [1.165, 1.54) is 11.3 Å². The summed E-state index contributed by atoms with van der Waals surface area (Å²) in [6, 6.07) is 12.0. The molecule has 14 heavy (non-hydrogen) atoms. The average molecular weight is 206 g/mol. The van der Waals surface area contributed by atoms with Crippen LogP contribution in [0.4, 0.5) is 4.39 Å². The first-order chi connectivity index (χ1) is 6.81. The Morgan fingerprint density at radius 3 is 2.57 bits per heavy atom. The van der Waals surface area contributed by atoms with Gasteiger partial charge in [0.2, 0.25) is 0 Å². The van der Waals surface area contributed by atoms with Gasteiger partial charge in [0, 0.05) is 9.75 Å². The Morgan fingerprint density at radius 2 is 1.93 bits per heavy atom. The highest BCUT2D eigenvalue weighted by molar-refractivity contribution is 7.12. The Labute approximate surface area is 87.0 Å². The van der Waals surface area contributed by atoms with Crippen LogP contribution in [-0.4, -0.2) is 0 Å². The number of halogens is 1. The zero-order valence-electron chi connectivity index (χ0n) is 7.96. The molecule has 1 aromatic heterocycles. The molecule has 0 aliphatic rings. The van der Waals surface area contributed by atoms with Crippen LogP contribution >= 0.6 is 11.3 Å². The highest BCUT2D eigenvalue weighted by Gasteiger charge is 2.07. The summed E-state index contributed by atoms with van der Waals surface area (Å²) in [6.45, 7) is 1.64. The molecule has 2 rings (SSSR count). The van der Waals surface area contributed by atoms with Gasteiger partial charge in [-0.05, 0) is 24.1 Å². The average Bonchev–Trinajstić information content (AvgIpc) is 2.61. The van der Waals surface area contributed by atoms with Crippen LogP contribution in [0.1, 0.15) is 9.75 Å². The topological polar surface area (TPSA) is 0 Å².